The number of nitrogens with zero attached hydrogens (tertiary/aromatic N) is 5. The molecule has 0 atom stereocenters. The molecule has 176 valence electrons. The highest BCUT2D eigenvalue weighted by Gasteiger charge is 2.23. The fourth-order valence-corrected chi connectivity index (χ4v) is 5.08. The third-order valence-corrected chi connectivity index (χ3v) is 6.87. The van der Waals surface area contributed by atoms with E-state index in [9.17, 15) is 4.79 Å². The van der Waals surface area contributed by atoms with Crippen LogP contribution in [0.15, 0.2) is 47.4 Å². The highest BCUT2D eigenvalue weighted by molar-refractivity contribution is 5.78. The Bertz CT molecular complexity index is 1270. The topological polar surface area (TPSA) is 105 Å². The highest BCUT2D eigenvalue weighted by Crippen LogP contribution is 2.34. The fourth-order valence-electron chi connectivity index (χ4n) is 5.08. The summed E-state index contributed by atoms with van der Waals surface area (Å²) in [5.41, 5.74) is 6.06. The lowest BCUT2D eigenvalue weighted by molar-refractivity contribution is 0.434. The van der Waals surface area contributed by atoms with Gasteiger partial charge in [-0.2, -0.15) is 0 Å². The summed E-state index contributed by atoms with van der Waals surface area (Å²) in [6.07, 6.45) is 11.2. The van der Waals surface area contributed by atoms with Crippen LogP contribution in [-0.4, -0.2) is 35.2 Å². The number of hydrogen-bond donors (Lipinski definition) is 2. The van der Waals surface area contributed by atoms with Gasteiger partial charge in [-0.05, 0) is 47.7 Å². The van der Waals surface area contributed by atoms with Gasteiger partial charge >= 0.3 is 5.69 Å². The molecule has 8 nitrogen and oxygen atoms in total. The van der Waals surface area contributed by atoms with E-state index in [1.807, 2.05) is 41.1 Å². The van der Waals surface area contributed by atoms with Crippen LogP contribution in [0.1, 0.15) is 74.7 Å². The van der Waals surface area contributed by atoms with Gasteiger partial charge in [-0.25, -0.2) is 9.89 Å². The van der Waals surface area contributed by atoms with E-state index in [2.05, 4.69) is 38.6 Å². The van der Waals surface area contributed by atoms with Crippen LogP contribution >= 0.6 is 0 Å². The first kappa shape index (κ1) is 22.3. The highest BCUT2D eigenvalue weighted by atomic mass is 16.1. The summed E-state index contributed by atoms with van der Waals surface area (Å²) in [7, 11) is 0. The number of pyridine rings is 1. The van der Waals surface area contributed by atoms with Crippen LogP contribution in [0.3, 0.4) is 0 Å². The van der Waals surface area contributed by atoms with E-state index in [4.69, 9.17) is 4.98 Å². The van der Waals surface area contributed by atoms with Crippen LogP contribution in [-0.2, 0) is 13.0 Å². The van der Waals surface area contributed by atoms with Gasteiger partial charge in [-0.1, -0.05) is 62.9 Å². The fraction of sp³-hybridized carbons (Fsp3) is 0.423. The van der Waals surface area contributed by atoms with Crippen molar-refractivity contribution in [3.8, 4) is 22.6 Å². The maximum Gasteiger partial charge on any atom is 0.326 e. The minimum absolute atomic E-state index is 0.00100. The van der Waals surface area contributed by atoms with Crippen molar-refractivity contribution in [3.63, 3.8) is 0 Å². The Morgan fingerprint density at radius 1 is 1.06 bits per heavy atom. The Morgan fingerprint density at radius 2 is 1.88 bits per heavy atom. The molecule has 0 aliphatic heterocycles. The summed E-state index contributed by atoms with van der Waals surface area (Å²) in [4.78, 5) is 21.0. The zero-order chi connectivity index (χ0) is 23.3. The van der Waals surface area contributed by atoms with Crippen molar-refractivity contribution in [3.05, 3.63) is 70.0 Å². The molecule has 2 N–H and O–H groups in total. The Morgan fingerprint density at radius 3 is 2.59 bits per heavy atom. The van der Waals surface area contributed by atoms with Gasteiger partial charge in [0, 0.05) is 34.6 Å². The number of aromatic nitrogens is 7. The van der Waals surface area contributed by atoms with E-state index >= 15 is 0 Å². The van der Waals surface area contributed by atoms with Crippen LogP contribution in [0.5, 0.6) is 0 Å². The normalized spacial score (nSPS) is 14.5. The predicted molar refractivity (Wildman–Crippen MR) is 131 cm³/mol. The smallest absolute Gasteiger partial charge is 0.309 e. The van der Waals surface area contributed by atoms with Crippen molar-refractivity contribution in [2.24, 2.45) is 0 Å². The van der Waals surface area contributed by atoms with Crippen molar-refractivity contribution in [2.45, 2.75) is 70.8 Å². The Kier molecular flexibility index (Phi) is 6.65. The minimum Gasteiger partial charge on any atom is -0.309 e. The standard InChI is InChI=1S/C26H31N7O/c1-2-3-13-23-24(19-9-5-4-6-10-19)28-26(34)33(23)17-18-14-15-22(27-16-18)20-11-7-8-12-21(20)25-29-31-32-30-25/h7-8,11-12,14-16,19H,2-6,9-10,13,17H2,1H3,(H,28,34)(H,29,30,31,32). The second-order valence-electron chi connectivity index (χ2n) is 9.16. The molecule has 4 aromatic rings. The van der Waals surface area contributed by atoms with Crippen LogP contribution < -0.4 is 5.69 Å². The molecule has 3 aromatic heterocycles. The second kappa shape index (κ2) is 10.2. The third-order valence-electron chi connectivity index (χ3n) is 6.87. The van der Waals surface area contributed by atoms with Crippen molar-refractivity contribution in [1.29, 1.82) is 0 Å². The van der Waals surface area contributed by atoms with Gasteiger partial charge < -0.3 is 4.98 Å². The summed E-state index contributed by atoms with van der Waals surface area (Å²) in [5, 5.41) is 14.3. The third kappa shape index (κ3) is 4.58. The first-order valence-corrected chi connectivity index (χ1v) is 12.3. The van der Waals surface area contributed by atoms with Gasteiger partial charge in [0.15, 0.2) is 5.82 Å². The Hall–Kier alpha value is -3.55. The summed E-state index contributed by atoms with van der Waals surface area (Å²) < 4.78 is 1.93. The summed E-state index contributed by atoms with van der Waals surface area (Å²) in [5.74, 6) is 1.09. The van der Waals surface area contributed by atoms with Gasteiger partial charge in [-0.15, -0.1) is 5.10 Å². The van der Waals surface area contributed by atoms with Crippen molar-refractivity contribution in [1.82, 2.24) is 35.2 Å². The number of H-pyrrole nitrogens is 2. The van der Waals surface area contributed by atoms with Crippen molar-refractivity contribution < 1.29 is 0 Å². The molecule has 0 amide bonds. The summed E-state index contributed by atoms with van der Waals surface area (Å²) in [6, 6.07) is 12.0. The average Bonchev–Trinajstić information content (AvgIpc) is 3.53. The lowest BCUT2D eigenvalue weighted by atomic mass is 9.85. The van der Waals surface area contributed by atoms with Crippen molar-refractivity contribution >= 4 is 0 Å². The van der Waals surface area contributed by atoms with Crippen LogP contribution in [0.4, 0.5) is 0 Å². The zero-order valence-corrected chi connectivity index (χ0v) is 19.6. The molecule has 1 saturated carbocycles. The Labute approximate surface area is 198 Å². The molecule has 1 aliphatic carbocycles. The molecule has 34 heavy (non-hydrogen) atoms. The summed E-state index contributed by atoms with van der Waals surface area (Å²) in [6.45, 7) is 2.73. The first-order chi connectivity index (χ1) is 16.7. The zero-order valence-electron chi connectivity index (χ0n) is 19.6. The molecule has 1 aromatic carbocycles. The molecule has 0 saturated heterocycles. The molecule has 1 aliphatic rings. The molecule has 0 radical (unpaired) electrons. The number of rotatable bonds is 8. The largest absolute Gasteiger partial charge is 0.326 e. The first-order valence-electron chi connectivity index (χ1n) is 12.3. The molecule has 8 heteroatoms. The van der Waals surface area contributed by atoms with Gasteiger partial charge in [-0.3, -0.25) is 9.55 Å². The van der Waals surface area contributed by atoms with Gasteiger partial charge in [0.25, 0.3) is 0 Å². The molecule has 0 unspecified atom stereocenters. The molecule has 0 spiro atoms. The monoisotopic (exact) mass is 457 g/mol. The maximum atomic E-state index is 13.0. The van der Waals surface area contributed by atoms with Gasteiger partial charge in [0.05, 0.1) is 12.2 Å². The lowest BCUT2D eigenvalue weighted by Gasteiger charge is -2.22. The van der Waals surface area contributed by atoms with E-state index in [0.29, 0.717) is 18.3 Å². The number of aromatic amines is 2. The number of hydrogen-bond acceptors (Lipinski definition) is 5. The quantitative estimate of drug-likeness (QED) is 0.393. The van der Waals surface area contributed by atoms with Crippen LogP contribution in [0.2, 0.25) is 0 Å². The Balaban J connectivity index is 1.43. The maximum absolute atomic E-state index is 13.0. The van der Waals surface area contributed by atoms with E-state index in [0.717, 1.165) is 41.6 Å². The second-order valence-corrected chi connectivity index (χ2v) is 9.16. The van der Waals surface area contributed by atoms with E-state index in [-0.39, 0.29) is 5.69 Å². The van der Waals surface area contributed by atoms with E-state index in [1.54, 1.807) is 0 Å². The SMILES string of the molecule is CCCCc1c(C2CCCCC2)[nH]c(=O)n1Cc1ccc(-c2ccccc2-c2nnn[nH]2)nc1. The lowest BCUT2D eigenvalue weighted by Crippen LogP contribution is -2.19. The molecule has 5 rings (SSSR count). The predicted octanol–water partition coefficient (Wildman–Crippen LogP) is 4.86. The minimum atomic E-state index is -0.00100. The molecule has 1 fully saturated rings. The number of unbranched alkanes of at least 4 members (excludes halogenated alkanes) is 1. The molecule has 3 heterocycles. The van der Waals surface area contributed by atoms with Crippen LogP contribution in [0.25, 0.3) is 22.6 Å². The molecular formula is C26H31N7O. The van der Waals surface area contributed by atoms with Crippen molar-refractivity contribution in [2.75, 3.05) is 0 Å². The number of tetrazole rings is 1. The number of nitrogens with one attached hydrogen (secondary N) is 2. The van der Waals surface area contributed by atoms with Crippen LogP contribution in [0, 0.1) is 0 Å². The number of benzene rings is 1. The molecular weight excluding hydrogens is 426 g/mol. The average molecular weight is 458 g/mol. The van der Waals surface area contributed by atoms with Gasteiger partial charge in [0.2, 0.25) is 0 Å². The summed E-state index contributed by atoms with van der Waals surface area (Å²) >= 11 is 0. The van der Waals surface area contributed by atoms with E-state index in [1.165, 1.54) is 43.5 Å². The van der Waals surface area contributed by atoms with Gasteiger partial charge in [0.1, 0.15) is 0 Å². The number of imidazole rings is 1. The van der Waals surface area contributed by atoms with E-state index < -0.39 is 0 Å². The molecule has 0 bridgehead atoms.